The van der Waals surface area contributed by atoms with Gasteiger partial charge in [-0.25, -0.2) is 0 Å². The van der Waals surface area contributed by atoms with Crippen molar-refractivity contribution in [1.82, 2.24) is 9.03 Å². The number of nitrogens with one attached hydrogen (secondary N) is 1. The summed E-state index contributed by atoms with van der Waals surface area (Å²) in [7, 11) is -1.03. The van der Waals surface area contributed by atoms with E-state index in [4.69, 9.17) is 5.11 Å². The van der Waals surface area contributed by atoms with E-state index in [9.17, 15) is 13.2 Å². The van der Waals surface area contributed by atoms with Crippen LogP contribution in [0, 0.1) is 0 Å². The highest BCUT2D eigenvalue weighted by Crippen LogP contribution is 2.17. The molecule has 2 N–H and O–H groups in total. The first kappa shape index (κ1) is 14.3. The molecular weight excluding hydrogens is 220 g/mol. The fourth-order valence-corrected chi connectivity index (χ4v) is 2.13. The van der Waals surface area contributed by atoms with Crippen molar-refractivity contribution in [2.75, 3.05) is 14.1 Å². The van der Waals surface area contributed by atoms with Gasteiger partial charge in [0.2, 0.25) is 0 Å². The van der Waals surface area contributed by atoms with Crippen molar-refractivity contribution in [2.45, 2.75) is 32.2 Å². The highest BCUT2D eigenvalue weighted by atomic mass is 32.2. The van der Waals surface area contributed by atoms with E-state index in [1.807, 2.05) is 0 Å². The lowest BCUT2D eigenvalue weighted by Gasteiger charge is -2.29. The van der Waals surface area contributed by atoms with E-state index in [2.05, 4.69) is 4.72 Å². The lowest BCUT2D eigenvalue weighted by Crippen LogP contribution is -2.56. The molecule has 0 aliphatic heterocycles. The van der Waals surface area contributed by atoms with Crippen LogP contribution in [0.15, 0.2) is 0 Å². The van der Waals surface area contributed by atoms with Gasteiger partial charge in [0.1, 0.15) is 5.54 Å². The van der Waals surface area contributed by atoms with Crippen molar-refractivity contribution in [2.24, 2.45) is 0 Å². The zero-order valence-corrected chi connectivity index (χ0v) is 10.3. The van der Waals surface area contributed by atoms with Crippen molar-refractivity contribution < 1.29 is 18.3 Å². The number of rotatable bonds is 6. The maximum atomic E-state index is 11.5. The zero-order valence-electron chi connectivity index (χ0n) is 9.44. The number of aliphatic carboxylic acids is 1. The normalized spacial score (nSPS) is 13.1. The topological polar surface area (TPSA) is 86.7 Å². The molecule has 0 rings (SSSR count). The third-order valence-corrected chi connectivity index (χ3v) is 4.03. The molecule has 0 amide bonds. The monoisotopic (exact) mass is 238 g/mol. The highest BCUT2D eigenvalue weighted by molar-refractivity contribution is 7.87. The smallest absolute Gasteiger partial charge is 0.324 e. The Bertz CT molecular complexity index is 320. The van der Waals surface area contributed by atoms with E-state index in [1.165, 1.54) is 14.1 Å². The SMILES string of the molecule is CCC(CC)(NS(=O)(=O)N(C)C)C(=O)O. The van der Waals surface area contributed by atoms with E-state index in [1.54, 1.807) is 13.8 Å². The fourth-order valence-electron chi connectivity index (χ4n) is 1.08. The van der Waals surface area contributed by atoms with Crippen LogP contribution < -0.4 is 4.72 Å². The van der Waals surface area contributed by atoms with E-state index >= 15 is 0 Å². The average molecular weight is 238 g/mol. The number of carboxylic acid groups (broad SMARTS) is 1. The lowest BCUT2D eigenvalue weighted by atomic mass is 9.95. The number of carboxylic acids is 1. The van der Waals surface area contributed by atoms with Gasteiger partial charge in [0, 0.05) is 14.1 Å². The summed E-state index contributed by atoms with van der Waals surface area (Å²) in [5.41, 5.74) is -1.41. The van der Waals surface area contributed by atoms with E-state index in [-0.39, 0.29) is 12.8 Å². The third kappa shape index (κ3) is 3.15. The van der Waals surface area contributed by atoms with Gasteiger partial charge in [0.25, 0.3) is 10.2 Å². The molecule has 0 radical (unpaired) electrons. The minimum Gasteiger partial charge on any atom is -0.480 e. The summed E-state index contributed by atoms with van der Waals surface area (Å²) in [6.07, 6.45) is 0.401. The van der Waals surface area contributed by atoms with E-state index in [0.29, 0.717) is 0 Å². The Balaban J connectivity index is 5.09. The first-order chi connectivity index (χ1) is 6.72. The molecule has 0 aromatic rings. The largest absolute Gasteiger partial charge is 0.480 e. The second-order valence-corrected chi connectivity index (χ2v) is 5.37. The van der Waals surface area contributed by atoms with E-state index < -0.39 is 21.7 Å². The predicted octanol–water partition coefficient (Wildman–Crippen LogP) is 0.0258. The lowest BCUT2D eigenvalue weighted by molar-refractivity contribution is -0.144. The molecule has 0 bridgehead atoms. The average Bonchev–Trinajstić information content (AvgIpc) is 2.13. The first-order valence-electron chi connectivity index (χ1n) is 4.66. The minimum absolute atomic E-state index is 0.200. The molecule has 0 aromatic carbocycles. The summed E-state index contributed by atoms with van der Waals surface area (Å²) in [6.45, 7) is 3.27. The summed E-state index contributed by atoms with van der Waals surface area (Å²) < 4.78 is 26.2. The second kappa shape index (κ2) is 4.91. The maximum Gasteiger partial charge on any atom is 0.324 e. The molecule has 0 saturated carbocycles. The molecule has 15 heavy (non-hydrogen) atoms. The molecule has 6 nitrogen and oxygen atoms in total. The van der Waals surface area contributed by atoms with Crippen LogP contribution in [0.3, 0.4) is 0 Å². The fraction of sp³-hybridized carbons (Fsp3) is 0.875. The number of carbonyl (C=O) groups is 1. The van der Waals surface area contributed by atoms with Crippen LogP contribution in [0.25, 0.3) is 0 Å². The molecule has 0 unspecified atom stereocenters. The highest BCUT2D eigenvalue weighted by Gasteiger charge is 2.39. The van der Waals surface area contributed by atoms with Crippen molar-refractivity contribution >= 4 is 16.2 Å². The molecule has 7 heteroatoms. The van der Waals surface area contributed by atoms with Crippen molar-refractivity contribution in [3.05, 3.63) is 0 Å². The maximum absolute atomic E-state index is 11.5. The van der Waals surface area contributed by atoms with Crippen LogP contribution in [0.1, 0.15) is 26.7 Å². The molecular formula is C8H18N2O4S. The van der Waals surface area contributed by atoms with E-state index in [0.717, 1.165) is 4.31 Å². The molecule has 0 heterocycles. The zero-order chi connectivity index (χ0) is 12.3. The van der Waals surface area contributed by atoms with Crippen LogP contribution in [0.5, 0.6) is 0 Å². The van der Waals surface area contributed by atoms with Gasteiger partial charge in [0.15, 0.2) is 0 Å². The van der Waals surface area contributed by atoms with Gasteiger partial charge in [0.05, 0.1) is 0 Å². The van der Waals surface area contributed by atoms with Gasteiger partial charge in [-0.05, 0) is 12.8 Å². The number of hydrogen-bond donors (Lipinski definition) is 2. The predicted molar refractivity (Wildman–Crippen MR) is 56.7 cm³/mol. The standard InChI is InChI=1S/C8H18N2O4S/c1-5-8(6-2,7(11)12)9-15(13,14)10(3)4/h9H,5-6H2,1-4H3,(H,11,12). The van der Waals surface area contributed by atoms with Crippen LogP contribution in [0.2, 0.25) is 0 Å². The van der Waals surface area contributed by atoms with Crippen LogP contribution >= 0.6 is 0 Å². The van der Waals surface area contributed by atoms with Crippen LogP contribution in [0.4, 0.5) is 0 Å². The number of hydrogen-bond acceptors (Lipinski definition) is 3. The quantitative estimate of drug-likeness (QED) is 0.683. The molecule has 90 valence electrons. The van der Waals surface area contributed by atoms with Gasteiger partial charge < -0.3 is 5.11 Å². The molecule has 0 atom stereocenters. The molecule has 0 aromatic heterocycles. The molecule has 0 aliphatic rings. The molecule has 0 fully saturated rings. The Morgan fingerprint density at radius 1 is 1.33 bits per heavy atom. The Morgan fingerprint density at radius 2 is 1.73 bits per heavy atom. The summed E-state index contributed by atoms with van der Waals surface area (Å²) >= 11 is 0. The van der Waals surface area contributed by atoms with Gasteiger partial charge in [-0.2, -0.15) is 17.4 Å². The summed E-state index contributed by atoms with van der Waals surface area (Å²) in [6, 6.07) is 0. The summed E-state index contributed by atoms with van der Waals surface area (Å²) in [5.74, 6) is -1.15. The summed E-state index contributed by atoms with van der Waals surface area (Å²) in [4.78, 5) is 11.0. The Hall–Kier alpha value is -0.660. The Labute approximate surface area is 90.5 Å². The van der Waals surface area contributed by atoms with Gasteiger partial charge in [-0.15, -0.1) is 0 Å². The number of nitrogens with zero attached hydrogens (tertiary/aromatic N) is 1. The van der Waals surface area contributed by atoms with Crippen LogP contribution in [-0.2, 0) is 15.0 Å². The van der Waals surface area contributed by atoms with Crippen molar-refractivity contribution in [3.8, 4) is 0 Å². The third-order valence-electron chi connectivity index (χ3n) is 2.42. The second-order valence-electron chi connectivity index (χ2n) is 3.48. The van der Waals surface area contributed by atoms with Crippen molar-refractivity contribution in [3.63, 3.8) is 0 Å². The Kier molecular flexibility index (Phi) is 4.69. The van der Waals surface area contributed by atoms with Crippen LogP contribution in [-0.4, -0.2) is 43.4 Å². The van der Waals surface area contributed by atoms with Crippen molar-refractivity contribution in [1.29, 1.82) is 0 Å². The van der Waals surface area contributed by atoms with Gasteiger partial charge >= 0.3 is 5.97 Å². The van der Waals surface area contributed by atoms with Gasteiger partial charge in [-0.3, -0.25) is 4.79 Å². The Morgan fingerprint density at radius 3 is 1.93 bits per heavy atom. The molecule has 0 saturated heterocycles. The molecule has 0 aliphatic carbocycles. The minimum atomic E-state index is -3.72. The first-order valence-corrected chi connectivity index (χ1v) is 6.10. The van der Waals surface area contributed by atoms with Gasteiger partial charge in [-0.1, -0.05) is 13.8 Å². The molecule has 0 spiro atoms. The summed E-state index contributed by atoms with van der Waals surface area (Å²) in [5, 5.41) is 9.02.